The van der Waals surface area contributed by atoms with Crippen LogP contribution in [0.3, 0.4) is 0 Å². The van der Waals surface area contributed by atoms with E-state index >= 15 is 0 Å². The molecule has 0 unspecified atom stereocenters. The van der Waals surface area contributed by atoms with E-state index < -0.39 is 5.97 Å². The first-order chi connectivity index (χ1) is 9.15. The number of aromatic nitrogens is 1. The maximum Gasteiger partial charge on any atom is 0.340 e. The average molecular weight is 261 g/mol. The minimum atomic E-state index is -0.475. The third kappa shape index (κ3) is 2.82. The summed E-state index contributed by atoms with van der Waals surface area (Å²) in [6, 6.07) is 7.19. The fourth-order valence-electron chi connectivity index (χ4n) is 1.79. The molecule has 0 bridgehead atoms. The number of fused-ring (bicyclic) bond motifs is 1. The molecule has 0 aliphatic carbocycles. The third-order valence-electron chi connectivity index (χ3n) is 2.76. The lowest BCUT2D eigenvalue weighted by molar-refractivity contribution is 0.0432. The minimum absolute atomic E-state index is 0.0150. The summed E-state index contributed by atoms with van der Waals surface area (Å²) < 4.78 is 10.0. The van der Waals surface area contributed by atoms with Gasteiger partial charge in [0.05, 0.1) is 30.5 Å². The van der Waals surface area contributed by atoms with Gasteiger partial charge in [0.2, 0.25) is 0 Å². The van der Waals surface area contributed by atoms with E-state index in [4.69, 9.17) is 14.6 Å². The largest absolute Gasteiger partial charge is 0.497 e. The lowest BCUT2D eigenvalue weighted by Crippen LogP contribution is -2.11. The van der Waals surface area contributed by atoms with E-state index in [0.717, 1.165) is 16.7 Å². The maximum atomic E-state index is 11.8. The fraction of sp³-hybridized carbons (Fsp3) is 0.286. The second-order valence-electron chi connectivity index (χ2n) is 4.04. The number of methoxy groups -OCH3 is 1. The van der Waals surface area contributed by atoms with E-state index in [1.807, 2.05) is 18.2 Å². The van der Waals surface area contributed by atoms with Gasteiger partial charge in [-0.05, 0) is 25.1 Å². The standard InChI is InChI=1S/C14H15NO4/c1-9-12(14(17)19-6-5-16)7-10-3-4-11(18-2)8-13(10)15-9/h3-4,7-8,16H,5-6H2,1-2H3. The number of pyridine rings is 1. The first-order valence-electron chi connectivity index (χ1n) is 5.89. The normalized spacial score (nSPS) is 10.5. The van der Waals surface area contributed by atoms with Gasteiger partial charge in [-0.2, -0.15) is 0 Å². The zero-order valence-corrected chi connectivity index (χ0v) is 10.8. The number of carbonyl (C=O) groups is 1. The summed E-state index contributed by atoms with van der Waals surface area (Å²) in [5.74, 6) is 0.242. The Labute approximate surface area is 110 Å². The Bertz CT molecular complexity index is 610. The number of ether oxygens (including phenoxy) is 2. The molecular weight excluding hydrogens is 246 g/mol. The highest BCUT2D eigenvalue weighted by Gasteiger charge is 2.13. The van der Waals surface area contributed by atoms with Gasteiger partial charge in [0, 0.05) is 11.5 Å². The van der Waals surface area contributed by atoms with E-state index in [2.05, 4.69) is 4.98 Å². The molecule has 0 fully saturated rings. The molecule has 0 atom stereocenters. The summed E-state index contributed by atoms with van der Waals surface area (Å²) in [6.45, 7) is 1.54. The van der Waals surface area contributed by atoms with Crippen LogP contribution in [0.2, 0.25) is 0 Å². The summed E-state index contributed by atoms with van der Waals surface area (Å²) in [5, 5.41) is 9.49. The van der Waals surface area contributed by atoms with Crippen molar-refractivity contribution >= 4 is 16.9 Å². The lowest BCUT2D eigenvalue weighted by atomic mass is 10.1. The Morgan fingerprint density at radius 1 is 1.37 bits per heavy atom. The van der Waals surface area contributed by atoms with Gasteiger partial charge in [-0.25, -0.2) is 4.79 Å². The zero-order chi connectivity index (χ0) is 13.8. The number of esters is 1. The van der Waals surface area contributed by atoms with Crippen LogP contribution in [0, 0.1) is 6.92 Å². The van der Waals surface area contributed by atoms with E-state index in [-0.39, 0.29) is 13.2 Å². The molecule has 0 radical (unpaired) electrons. The van der Waals surface area contributed by atoms with Crippen LogP contribution in [0.1, 0.15) is 16.1 Å². The monoisotopic (exact) mass is 261 g/mol. The SMILES string of the molecule is COc1ccc2cc(C(=O)OCCO)c(C)nc2c1. The zero-order valence-electron chi connectivity index (χ0n) is 10.8. The molecule has 2 rings (SSSR count). The van der Waals surface area contributed by atoms with Crippen LogP contribution in [0.25, 0.3) is 10.9 Å². The van der Waals surface area contributed by atoms with Crippen LogP contribution in [0.5, 0.6) is 5.75 Å². The first-order valence-corrected chi connectivity index (χ1v) is 5.89. The van der Waals surface area contributed by atoms with Gasteiger partial charge in [0.15, 0.2) is 0 Å². The molecular formula is C14H15NO4. The van der Waals surface area contributed by atoms with Crippen molar-refractivity contribution in [2.24, 2.45) is 0 Å². The number of hydrogen-bond acceptors (Lipinski definition) is 5. The van der Waals surface area contributed by atoms with Crippen molar-refractivity contribution in [1.82, 2.24) is 4.98 Å². The van der Waals surface area contributed by atoms with Gasteiger partial charge in [0.25, 0.3) is 0 Å². The van der Waals surface area contributed by atoms with Crippen molar-refractivity contribution in [1.29, 1.82) is 0 Å². The quantitative estimate of drug-likeness (QED) is 0.848. The molecule has 0 aliphatic rings. The summed E-state index contributed by atoms with van der Waals surface area (Å²) in [4.78, 5) is 16.2. The molecule has 1 aromatic carbocycles. The minimum Gasteiger partial charge on any atom is -0.497 e. The first kappa shape index (κ1) is 13.3. The molecule has 0 saturated heterocycles. The number of rotatable bonds is 4. The summed E-state index contributed by atoms with van der Waals surface area (Å²) in [7, 11) is 1.59. The Morgan fingerprint density at radius 2 is 2.16 bits per heavy atom. The van der Waals surface area contributed by atoms with Gasteiger partial charge < -0.3 is 14.6 Å². The van der Waals surface area contributed by atoms with Gasteiger partial charge in [-0.1, -0.05) is 0 Å². The molecule has 19 heavy (non-hydrogen) atoms. The van der Waals surface area contributed by atoms with Crippen LogP contribution in [0.15, 0.2) is 24.3 Å². The predicted molar refractivity (Wildman–Crippen MR) is 70.4 cm³/mol. The summed E-state index contributed by atoms with van der Waals surface area (Å²) >= 11 is 0. The number of benzene rings is 1. The Kier molecular flexibility index (Phi) is 3.97. The van der Waals surface area contributed by atoms with Crippen LogP contribution < -0.4 is 4.74 Å². The number of aryl methyl sites for hydroxylation is 1. The molecule has 0 saturated carbocycles. The summed E-state index contributed by atoms with van der Waals surface area (Å²) in [5.41, 5.74) is 1.75. The van der Waals surface area contributed by atoms with E-state index in [1.165, 1.54) is 0 Å². The van der Waals surface area contributed by atoms with Crippen molar-refractivity contribution in [3.63, 3.8) is 0 Å². The highest BCUT2D eigenvalue weighted by Crippen LogP contribution is 2.22. The van der Waals surface area contributed by atoms with Gasteiger partial charge in [-0.3, -0.25) is 4.98 Å². The Hall–Kier alpha value is -2.14. The topological polar surface area (TPSA) is 68.7 Å². The second-order valence-corrected chi connectivity index (χ2v) is 4.04. The molecule has 2 aromatic rings. The number of nitrogens with zero attached hydrogens (tertiary/aromatic N) is 1. The van der Waals surface area contributed by atoms with E-state index in [0.29, 0.717) is 11.3 Å². The molecule has 5 nitrogen and oxygen atoms in total. The van der Waals surface area contributed by atoms with Crippen molar-refractivity contribution in [3.05, 3.63) is 35.5 Å². The van der Waals surface area contributed by atoms with Crippen LogP contribution in [-0.2, 0) is 4.74 Å². The number of carbonyl (C=O) groups excluding carboxylic acids is 1. The molecule has 1 N–H and O–H groups in total. The molecule has 100 valence electrons. The fourth-order valence-corrected chi connectivity index (χ4v) is 1.79. The van der Waals surface area contributed by atoms with Gasteiger partial charge in [-0.15, -0.1) is 0 Å². The smallest absolute Gasteiger partial charge is 0.340 e. The maximum absolute atomic E-state index is 11.8. The van der Waals surface area contributed by atoms with Gasteiger partial charge in [0.1, 0.15) is 12.4 Å². The predicted octanol–water partition coefficient (Wildman–Crippen LogP) is 1.70. The van der Waals surface area contributed by atoms with Gasteiger partial charge >= 0.3 is 5.97 Å². The third-order valence-corrected chi connectivity index (χ3v) is 2.76. The van der Waals surface area contributed by atoms with Crippen molar-refractivity contribution in [3.8, 4) is 5.75 Å². The molecule has 1 heterocycles. The van der Waals surface area contributed by atoms with E-state index in [1.54, 1.807) is 20.1 Å². The van der Waals surface area contributed by atoms with Crippen LogP contribution >= 0.6 is 0 Å². The molecule has 1 aromatic heterocycles. The lowest BCUT2D eigenvalue weighted by Gasteiger charge is -2.08. The Morgan fingerprint density at radius 3 is 2.84 bits per heavy atom. The molecule has 0 aliphatic heterocycles. The molecule has 5 heteroatoms. The second kappa shape index (κ2) is 5.67. The number of aliphatic hydroxyl groups excluding tert-OH is 1. The molecule has 0 amide bonds. The Balaban J connectivity index is 2.41. The van der Waals surface area contributed by atoms with Crippen molar-refractivity contribution in [2.45, 2.75) is 6.92 Å². The number of aliphatic hydroxyl groups is 1. The molecule has 0 spiro atoms. The number of hydrogen-bond donors (Lipinski definition) is 1. The van der Waals surface area contributed by atoms with Crippen LogP contribution in [-0.4, -0.2) is 36.4 Å². The average Bonchev–Trinajstić information content (AvgIpc) is 2.43. The highest BCUT2D eigenvalue weighted by atomic mass is 16.5. The van der Waals surface area contributed by atoms with E-state index in [9.17, 15) is 4.79 Å². The highest BCUT2D eigenvalue weighted by molar-refractivity contribution is 5.95. The summed E-state index contributed by atoms with van der Waals surface area (Å²) in [6.07, 6.45) is 0. The van der Waals surface area contributed by atoms with Crippen LogP contribution in [0.4, 0.5) is 0 Å². The van der Waals surface area contributed by atoms with Crippen molar-refractivity contribution in [2.75, 3.05) is 20.3 Å². The van der Waals surface area contributed by atoms with Crippen molar-refractivity contribution < 1.29 is 19.4 Å².